The summed E-state index contributed by atoms with van der Waals surface area (Å²) in [6.07, 6.45) is 6.85. The molecule has 1 saturated carbocycles. The Labute approximate surface area is 216 Å². The molecule has 3 aromatic rings. The van der Waals surface area contributed by atoms with Crippen molar-refractivity contribution in [2.24, 2.45) is 18.9 Å². The number of aryl methyl sites for hydroxylation is 1. The standard InChI is InChI=1S/C28H35N5O4/c1-3-37-23-8-9-25-24(18-23)27(35)33(28(36)30(25)2)19-20-4-6-21(7-5-20)26(34)32-16-14-31(15-17-32)22-10-12-29-13-11-22/h8-13,18,20-21H,3-7,14-17,19H2,1-2H3. The quantitative estimate of drug-likeness (QED) is 0.512. The Kier molecular flexibility index (Phi) is 7.30. The number of nitrogens with zero attached hydrogens (tertiary/aromatic N) is 5. The number of rotatable bonds is 6. The summed E-state index contributed by atoms with van der Waals surface area (Å²) < 4.78 is 8.46. The van der Waals surface area contributed by atoms with E-state index in [2.05, 4.69) is 9.88 Å². The maximum Gasteiger partial charge on any atom is 0.331 e. The number of amides is 1. The highest BCUT2D eigenvalue weighted by Crippen LogP contribution is 2.31. The molecular weight excluding hydrogens is 470 g/mol. The third kappa shape index (κ3) is 5.12. The Morgan fingerprint density at radius 3 is 2.38 bits per heavy atom. The molecule has 0 spiro atoms. The largest absolute Gasteiger partial charge is 0.494 e. The molecular formula is C28H35N5O4. The first-order valence-electron chi connectivity index (χ1n) is 13.3. The van der Waals surface area contributed by atoms with Crippen molar-refractivity contribution < 1.29 is 9.53 Å². The number of benzene rings is 1. The van der Waals surface area contributed by atoms with E-state index in [1.165, 1.54) is 9.13 Å². The van der Waals surface area contributed by atoms with Crippen LogP contribution in [-0.2, 0) is 18.4 Å². The summed E-state index contributed by atoms with van der Waals surface area (Å²) in [5, 5.41) is 0.489. The second kappa shape index (κ2) is 10.8. The molecule has 9 heteroatoms. The zero-order valence-electron chi connectivity index (χ0n) is 21.6. The fourth-order valence-corrected chi connectivity index (χ4v) is 5.76. The summed E-state index contributed by atoms with van der Waals surface area (Å²) in [6, 6.07) is 9.28. The van der Waals surface area contributed by atoms with Crippen LogP contribution in [0.3, 0.4) is 0 Å². The van der Waals surface area contributed by atoms with Gasteiger partial charge in [-0.3, -0.25) is 23.7 Å². The van der Waals surface area contributed by atoms with Crippen LogP contribution in [0.5, 0.6) is 5.75 Å². The van der Waals surface area contributed by atoms with Crippen molar-refractivity contribution in [3.8, 4) is 5.75 Å². The van der Waals surface area contributed by atoms with E-state index < -0.39 is 0 Å². The van der Waals surface area contributed by atoms with E-state index in [-0.39, 0.29) is 29.0 Å². The smallest absolute Gasteiger partial charge is 0.331 e. The lowest BCUT2D eigenvalue weighted by Gasteiger charge is -2.38. The molecule has 2 fully saturated rings. The summed E-state index contributed by atoms with van der Waals surface area (Å²) in [4.78, 5) is 47.9. The van der Waals surface area contributed by atoms with Gasteiger partial charge in [-0.2, -0.15) is 0 Å². The lowest BCUT2D eigenvalue weighted by molar-refractivity contribution is -0.137. The van der Waals surface area contributed by atoms with E-state index in [0.717, 1.165) is 57.5 Å². The number of piperazine rings is 1. The minimum atomic E-state index is -0.299. The summed E-state index contributed by atoms with van der Waals surface area (Å²) in [5.41, 5.74) is 1.18. The molecule has 1 aliphatic heterocycles. The Hall–Kier alpha value is -3.62. The molecule has 0 unspecified atom stereocenters. The Morgan fingerprint density at radius 2 is 1.70 bits per heavy atom. The van der Waals surface area contributed by atoms with Crippen LogP contribution in [0.25, 0.3) is 10.9 Å². The minimum absolute atomic E-state index is 0.0219. The van der Waals surface area contributed by atoms with Crippen molar-refractivity contribution >= 4 is 22.5 Å². The lowest BCUT2D eigenvalue weighted by atomic mass is 9.81. The summed E-state index contributed by atoms with van der Waals surface area (Å²) in [5.74, 6) is 1.09. The Balaban J connectivity index is 1.21. The molecule has 2 aliphatic rings. The van der Waals surface area contributed by atoms with E-state index in [9.17, 15) is 14.4 Å². The molecule has 1 amide bonds. The Bertz CT molecular complexity index is 1370. The molecule has 1 aromatic carbocycles. The first kappa shape index (κ1) is 25.0. The molecule has 0 N–H and O–H groups in total. The van der Waals surface area contributed by atoms with Gasteiger partial charge < -0.3 is 14.5 Å². The van der Waals surface area contributed by atoms with Gasteiger partial charge in [0.1, 0.15) is 5.75 Å². The highest BCUT2D eigenvalue weighted by atomic mass is 16.5. The van der Waals surface area contributed by atoms with Gasteiger partial charge in [-0.15, -0.1) is 0 Å². The first-order chi connectivity index (χ1) is 18.0. The van der Waals surface area contributed by atoms with Crippen LogP contribution >= 0.6 is 0 Å². The van der Waals surface area contributed by atoms with Crippen LogP contribution in [0.4, 0.5) is 5.69 Å². The molecule has 1 saturated heterocycles. The molecule has 1 aliphatic carbocycles. The molecule has 2 aromatic heterocycles. The van der Waals surface area contributed by atoms with Crippen molar-refractivity contribution in [1.82, 2.24) is 19.0 Å². The minimum Gasteiger partial charge on any atom is -0.494 e. The van der Waals surface area contributed by atoms with Crippen LogP contribution in [0.1, 0.15) is 32.6 Å². The summed E-state index contributed by atoms with van der Waals surface area (Å²) >= 11 is 0. The zero-order valence-corrected chi connectivity index (χ0v) is 21.6. The van der Waals surface area contributed by atoms with Crippen molar-refractivity contribution in [3.05, 3.63) is 63.6 Å². The monoisotopic (exact) mass is 505 g/mol. The number of carbonyl (C=O) groups excluding carboxylic acids is 1. The van der Waals surface area contributed by atoms with Gasteiger partial charge in [0.2, 0.25) is 5.91 Å². The van der Waals surface area contributed by atoms with Gasteiger partial charge in [-0.1, -0.05) is 0 Å². The topological polar surface area (TPSA) is 89.7 Å². The second-order valence-electron chi connectivity index (χ2n) is 10.1. The van der Waals surface area contributed by atoms with Gasteiger partial charge in [-0.05, 0) is 68.9 Å². The molecule has 0 atom stereocenters. The average molecular weight is 506 g/mol. The third-order valence-corrected chi connectivity index (χ3v) is 7.89. The predicted molar refractivity (Wildman–Crippen MR) is 143 cm³/mol. The molecule has 3 heterocycles. The molecule has 37 heavy (non-hydrogen) atoms. The SMILES string of the molecule is CCOc1ccc2c(c1)c(=O)n(CC1CCC(C(=O)N3CCN(c4ccncc4)CC3)CC1)c(=O)n2C. The summed E-state index contributed by atoms with van der Waals surface area (Å²) in [7, 11) is 1.70. The van der Waals surface area contributed by atoms with Gasteiger partial charge in [-0.25, -0.2) is 4.79 Å². The molecule has 0 bridgehead atoms. The van der Waals surface area contributed by atoms with Gasteiger partial charge >= 0.3 is 5.69 Å². The number of pyridine rings is 1. The van der Waals surface area contributed by atoms with Crippen molar-refractivity contribution in [2.75, 3.05) is 37.7 Å². The van der Waals surface area contributed by atoms with E-state index in [4.69, 9.17) is 4.74 Å². The van der Waals surface area contributed by atoms with Crippen LogP contribution < -0.4 is 20.9 Å². The molecule has 5 rings (SSSR count). The van der Waals surface area contributed by atoms with Crippen LogP contribution in [0.15, 0.2) is 52.3 Å². The van der Waals surface area contributed by atoms with E-state index in [1.807, 2.05) is 24.0 Å². The van der Waals surface area contributed by atoms with Crippen LogP contribution in [-0.4, -0.2) is 57.7 Å². The third-order valence-electron chi connectivity index (χ3n) is 7.89. The van der Waals surface area contributed by atoms with E-state index in [0.29, 0.717) is 29.8 Å². The lowest BCUT2D eigenvalue weighted by Crippen LogP contribution is -2.50. The predicted octanol–water partition coefficient (Wildman–Crippen LogP) is 2.65. The molecule has 9 nitrogen and oxygen atoms in total. The normalized spacial score (nSPS) is 20.3. The second-order valence-corrected chi connectivity index (χ2v) is 10.1. The van der Waals surface area contributed by atoms with Crippen LogP contribution in [0.2, 0.25) is 0 Å². The highest BCUT2D eigenvalue weighted by Gasteiger charge is 2.31. The van der Waals surface area contributed by atoms with Crippen molar-refractivity contribution in [2.45, 2.75) is 39.2 Å². The Morgan fingerprint density at radius 1 is 1.00 bits per heavy atom. The van der Waals surface area contributed by atoms with E-state index >= 15 is 0 Å². The van der Waals surface area contributed by atoms with Gasteiger partial charge in [0, 0.05) is 63.8 Å². The van der Waals surface area contributed by atoms with E-state index in [1.54, 1.807) is 37.6 Å². The fraction of sp³-hybridized carbons (Fsp3) is 0.500. The van der Waals surface area contributed by atoms with Gasteiger partial charge in [0.05, 0.1) is 17.5 Å². The fourth-order valence-electron chi connectivity index (χ4n) is 5.76. The summed E-state index contributed by atoms with van der Waals surface area (Å²) in [6.45, 7) is 5.89. The zero-order chi connectivity index (χ0) is 25.9. The van der Waals surface area contributed by atoms with Crippen molar-refractivity contribution in [1.29, 1.82) is 0 Å². The number of ether oxygens (including phenoxy) is 1. The number of fused-ring (bicyclic) bond motifs is 1. The number of aromatic nitrogens is 3. The van der Waals surface area contributed by atoms with Crippen molar-refractivity contribution in [3.63, 3.8) is 0 Å². The number of hydrogen-bond donors (Lipinski definition) is 0. The average Bonchev–Trinajstić information content (AvgIpc) is 2.95. The highest BCUT2D eigenvalue weighted by molar-refractivity contribution is 5.80. The number of anilines is 1. The first-order valence-corrected chi connectivity index (χ1v) is 13.3. The molecule has 0 radical (unpaired) electrons. The van der Waals surface area contributed by atoms with Crippen LogP contribution in [0, 0.1) is 11.8 Å². The maximum atomic E-state index is 13.3. The molecule has 196 valence electrons. The number of carbonyl (C=O) groups is 1. The number of hydrogen-bond acceptors (Lipinski definition) is 6. The van der Waals surface area contributed by atoms with Gasteiger partial charge in [0.25, 0.3) is 5.56 Å². The maximum absolute atomic E-state index is 13.3. The van der Waals surface area contributed by atoms with Gasteiger partial charge in [0.15, 0.2) is 0 Å².